The van der Waals surface area contributed by atoms with E-state index in [-0.39, 0.29) is 11.9 Å². The molecule has 0 aromatic carbocycles. The lowest BCUT2D eigenvalue weighted by Crippen LogP contribution is -2.55. The summed E-state index contributed by atoms with van der Waals surface area (Å²) in [6.45, 7) is 1.34. The molecule has 6 heteroatoms. The van der Waals surface area contributed by atoms with Gasteiger partial charge in [0.15, 0.2) is 0 Å². The monoisotopic (exact) mass is 241 g/mol. The van der Waals surface area contributed by atoms with E-state index in [1.165, 1.54) is 0 Å². The number of amidine groups is 1. The highest BCUT2D eigenvalue weighted by molar-refractivity contribution is 6.09. The molecule has 0 aromatic heterocycles. The number of hydrogen-bond acceptors (Lipinski definition) is 4. The topological polar surface area (TPSA) is 74.7 Å². The zero-order valence-electron chi connectivity index (χ0n) is 10.3. The van der Waals surface area contributed by atoms with Gasteiger partial charge in [0.2, 0.25) is 0 Å². The van der Waals surface area contributed by atoms with E-state index in [1.807, 2.05) is 0 Å². The van der Waals surface area contributed by atoms with Gasteiger partial charge in [0.25, 0.3) is 0 Å². The smallest absolute Gasteiger partial charge is 0.323 e. The molecule has 1 aliphatic carbocycles. The fraction of sp³-hybridized carbons (Fsp3) is 0.818. The Balaban J connectivity index is 2.23. The van der Waals surface area contributed by atoms with E-state index in [0.29, 0.717) is 25.7 Å². The highest BCUT2D eigenvalue weighted by atomic mass is 16.5. The fourth-order valence-corrected chi connectivity index (χ4v) is 2.56. The molecule has 2 aliphatic rings. The van der Waals surface area contributed by atoms with Crippen molar-refractivity contribution < 1.29 is 14.3 Å². The maximum Gasteiger partial charge on any atom is 0.323 e. The van der Waals surface area contributed by atoms with E-state index in [1.54, 1.807) is 19.1 Å². The maximum absolute atomic E-state index is 11.9. The predicted octanol–water partition coefficient (Wildman–Crippen LogP) is 0.430. The van der Waals surface area contributed by atoms with Crippen molar-refractivity contribution in [3.63, 3.8) is 0 Å². The van der Waals surface area contributed by atoms with Gasteiger partial charge in [0.1, 0.15) is 11.4 Å². The molecule has 0 spiro atoms. The molecular formula is C11H19N3O3. The zero-order chi connectivity index (χ0) is 12.5. The molecule has 2 fully saturated rings. The van der Waals surface area contributed by atoms with Crippen molar-refractivity contribution in [1.29, 1.82) is 5.41 Å². The van der Waals surface area contributed by atoms with Crippen molar-refractivity contribution in [3.05, 3.63) is 0 Å². The summed E-state index contributed by atoms with van der Waals surface area (Å²) in [5.74, 6) is 0.605. The lowest BCUT2D eigenvalue weighted by atomic mass is 9.92. The van der Waals surface area contributed by atoms with E-state index >= 15 is 0 Å². The summed E-state index contributed by atoms with van der Waals surface area (Å²) >= 11 is 0. The van der Waals surface area contributed by atoms with E-state index in [9.17, 15) is 4.79 Å². The van der Waals surface area contributed by atoms with Crippen LogP contribution in [0.25, 0.3) is 0 Å². The number of methoxy groups -OCH3 is 2. The van der Waals surface area contributed by atoms with Gasteiger partial charge in [-0.2, -0.15) is 0 Å². The number of carbonyl (C=O) groups excluding carboxylic acids is 1. The molecule has 1 heterocycles. The predicted molar refractivity (Wildman–Crippen MR) is 62.2 cm³/mol. The standard InChI is InChI=1S/C11H19N3O3/c1-16-6-5-14-10(15)13-9(12)11(14,7-17-2)8-3-4-8/h8H,3-7H2,1-2H3,(H2,12,13,15). The summed E-state index contributed by atoms with van der Waals surface area (Å²) in [6.07, 6.45) is 2.09. The summed E-state index contributed by atoms with van der Waals surface area (Å²) in [6, 6.07) is -0.212. The van der Waals surface area contributed by atoms with Crippen LogP contribution in [0.5, 0.6) is 0 Å². The molecule has 0 radical (unpaired) electrons. The second-order valence-electron chi connectivity index (χ2n) is 4.58. The molecule has 1 unspecified atom stereocenters. The Hall–Kier alpha value is -1.14. The largest absolute Gasteiger partial charge is 0.383 e. The molecule has 0 aromatic rings. The normalized spacial score (nSPS) is 28.7. The van der Waals surface area contributed by atoms with Crippen molar-refractivity contribution in [1.82, 2.24) is 10.2 Å². The van der Waals surface area contributed by atoms with Crippen LogP contribution < -0.4 is 5.32 Å². The number of nitrogens with zero attached hydrogens (tertiary/aromatic N) is 1. The van der Waals surface area contributed by atoms with Crippen LogP contribution in [0.3, 0.4) is 0 Å². The average Bonchev–Trinajstić information content (AvgIpc) is 3.08. The summed E-state index contributed by atoms with van der Waals surface area (Å²) in [5, 5.41) is 10.6. The van der Waals surface area contributed by atoms with Crippen LogP contribution in [-0.4, -0.2) is 56.3 Å². The summed E-state index contributed by atoms with van der Waals surface area (Å²) in [7, 11) is 3.21. The fourth-order valence-electron chi connectivity index (χ4n) is 2.56. The van der Waals surface area contributed by atoms with Crippen LogP contribution in [-0.2, 0) is 9.47 Å². The molecule has 1 atom stereocenters. The maximum atomic E-state index is 11.9. The van der Waals surface area contributed by atoms with Crippen LogP contribution in [0, 0.1) is 11.3 Å². The van der Waals surface area contributed by atoms with E-state index < -0.39 is 5.54 Å². The molecule has 2 rings (SSSR count). The van der Waals surface area contributed by atoms with E-state index in [4.69, 9.17) is 14.9 Å². The first-order valence-corrected chi connectivity index (χ1v) is 5.82. The number of urea groups is 1. The quantitative estimate of drug-likeness (QED) is 0.708. The molecule has 6 nitrogen and oxygen atoms in total. The minimum absolute atomic E-state index is 0.212. The molecule has 1 saturated carbocycles. The van der Waals surface area contributed by atoms with Gasteiger partial charge in [-0.3, -0.25) is 10.7 Å². The van der Waals surface area contributed by atoms with E-state index in [2.05, 4.69) is 5.32 Å². The Morgan fingerprint density at radius 3 is 2.71 bits per heavy atom. The summed E-state index contributed by atoms with van der Waals surface area (Å²) in [5.41, 5.74) is -0.593. The van der Waals surface area contributed by atoms with Crippen molar-refractivity contribution >= 4 is 11.9 Å². The average molecular weight is 241 g/mol. The van der Waals surface area contributed by atoms with Gasteiger partial charge in [-0.1, -0.05) is 0 Å². The summed E-state index contributed by atoms with van der Waals surface area (Å²) < 4.78 is 10.3. The second-order valence-corrected chi connectivity index (χ2v) is 4.58. The molecule has 2 amide bonds. The van der Waals surface area contributed by atoms with Gasteiger partial charge in [0.05, 0.1) is 13.2 Å². The number of nitrogens with one attached hydrogen (secondary N) is 2. The highest BCUT2D eigenvalue weighted by Crippen LogP contribution is 2.45. The highest BCUT2D eigenvalue weighted by Gasteiger charge is 2.58. The summed E-state index contributed by atoms with van der Waals surface area (Å²) in [4.78, 5) is 13.6. The molecular weight excluding hydrogens is 222 g/mol. The number of amides is 2. The molecule has 1 saturated heterocycles. The van der Waals surface area contributed by atoms with Crippen molar-refractivity contribution in [2.45, 2.75) is 18.4 Å². The second kappa shape index (κ2) is 4.62. The Morgan fingerprint density at radius 2 is 2.18 bits per heavy atom. The van der Waals surface area contributed by atoms with Crippen molar-refractivity contribution in [2.24, 2.45) is 5.92 Å². The van der Waals surface area contributed by atoms with Crippen LogP contribution >= 0.6 is 0 Å². The Bertz CT molecular complexity index is 330. The zero-order valence-corrected chi connectivity index (χ0v) is 10.3. The van der Waals surface area contributed by atoms with Crippen LogP contribution in [0.4, 0.5) is 4.79 Å². The first-order valence-electron chi connectivity index (χ1n) is 5.82. The first-order chi connectivity index (χ1) is 8.16. The number of rotatable bonds is 6. The third-order valence-corrected chi connectivity index (χ3v) is 3.53. The third-order valence-electron chi connectivity index (χ3n) is 3.53. The van der Waals surface area contributed by atoms with Crippen LogP contribution in [0.15, 0.2) is 0 Å². The molecule has 2 N–H and O–H groups in total. The number of carbonyl (C=O) groups is 1. The van der Waals surface area contributed by atoms with Crippen LogP contribution in [0.1, 0.15) is 12.8 Å². The van der Waals surface area contributed by atoms with Crippen molar-refractivity contribution in [3.8, 4) is 0 Å². The third kappa shape index (κ3) is 1.91. The lowest BCUT2D eigenvalue weighted by Gasteiger charge is -2.36. The first kappa shape index (κ1) is 12.3. The molecule has 0 bridgehead atoms. The number of hydrogen-bond donors (Lipinski definition) is 2. The van der Waals surface area contributed by atoms with Gasteiger partial charge in [0, 0.05) is 20.8 Å². The van der Waals surface area contributed by atoms with E-state index in [0.717, 1.165) is 12.8 Å². The lowest BCUT2D eigenvalue weighted by molar-refractivity contribution is 0.0568. The number of ether oxygens (including phenoxy) is 2. The SMILES string of the molecule is COCCN1C(=O)NC(=N)C1(COC)C1CC1. The minimum atomic E-state index is -0.593. The molecule has 1 aliphatic heterocycles. The minimum Gasteiger partial charge on any atom is -0.383 e. The van der Waals surface area contributed by atoms with Gasteiger partial charge in [-0.05, 0) is 18.8 Å². The van der Waals surface area contributed by atoms with Gasteiger partial charge < -0.3 is 14.4 Å². The van der Waals surface area contributed by atoms with Gasteiger partial charge in [-0.25, -0.2) is 4.79 Å². The van der Waals surface area contributed by atoms with Gasteiger partial charge >= 0.3 is 6.03 Å². The molecule has 17 heavy (non-hydrogen) atoms. The Morgan fingerprint density at radius 1 is 1.47 bits per heavy atom. The van der Waals surface area contributed by atoms with Crippen LogP contribution in [0.2, 0.25) is 0 Å². The Labute approximate surface area is 101 Å². The van der Waals surface area contributed by atoms with Gasteiger partial charge in [-0.15, -0.1) is 0 Å². The van der Waals surface area contributed by atoms with Crippen molar-refractivity contribution in [2.75, 3.05) is 34.0 Å². The Kier molecular flexibility index (Phi) is 3.35. The molecule has 96 valence electrons.